The Bertz CT molecular complexity index is 2410. The minimum atomic E-state index is -0.0749. The summed E-state index contributed by atoms with van der Waals surface area (Å²) in [7, 11) is 0. The first-order chi connectivity index (χ1) is 23.4. The minimum absolute atomic E-state index is 0.0749. The van der Waals surface area contributed by atoms with Crippen molar-refractivity contribution in [3.05, 3.63) is 179 Å². The highest BCUT2D eigenvalue weighted by molar-refractivity contribution is 6.13. The van der Waals surface area contributed by atoms with E-state index in [4.69, 9.17) is 9.98 Å². The molecule has 0 saturated heterocycles. The van der Waals surface area contributed by atoms with Crippen molar-refractivity contribution in [3.8, 4) is 16.8 Å². The van der Waals surface area contributed by atoms with Gasteiger partial charge in [-0.3, -0.25) is 0 Å². The maximum absolute atomic E-state index is 5.15. The quantitative estimate of drug-likeness (QED) is 0.136. The van der Waals surface area contributed by atoms with Gasteiger partial charge in [-0.05, 0) is 89.7 Å². The molecule has 6 aromatic carbocycles. The smallest absolute Gasteiger partial charge is 0.160 e. The van der Waals surface area contributed by atoms with E-state index < -0.39 is 0 Å². The normalized spacial score (nSPS) is 14.4. The Kier molecular flexibility index (Phi) is 7.26. The van der Waals surface area contributed by atoms with Crippen LogP contribution in [-0.2, 0) is 5.41 Å². The second-order valence-corrected chi connectivity index (χ2v) is 13.0. The van der Waals surface area contributed by atoms with Gasteiger partial charge in [0.2, 0.25) is 0 Å². The number of benzene rings is 6. The predicted octanol–water partition coefficient (Wildman–Crippen LogP) is 11.4. The molecule has 3 heteroatoms. The largest absolute Gasteiger partial charge is 0.309 e. The van der Waals surface area contributed by atoms with E-state index in [0.29, 0.717) is 5.84 Å². The summed E-state index contributed by atoms with van der Waals surface area (Å²) >= 11 is 0. The van der Waals surface area contributed by atoms with Crippen LogP contribution in [0.1, 0.15) is 55.5 Å². The predicted molar refractivity (Wildman–Crippen MR) is 204 cm³/mol. The number of aromatic nitrogens is 1. The van der Waals surface area contributed by atoms with Gasteiger partial charge in [0.05, 0.1) is 16.7 Å². The maximum Gasteiger partial charge on any atom is 0.160 e. The summed E-state index contributed by atoms with van der Waals surface area (Å²) in [6, 6.07) is 51.8. The molecule has 7 aromatic rings. The van der Waals surface area contributed by atoms with Crippen LogP contribution < -0.4 is 0 Å². The van der Waals surface area contributed by atoms with Crippen molar-refractivity contribution in [1.29, 1.82) is 0 Å². The van der Waals surface area contributed by atoms with Crippen molar-refractivity contribution in [2.24, 2.45) is 9.98 Å². The zero-order valence-corrected chi connectivity index (χ0v) is 27.8. The number of hydrogen-bond acceptors (Lipinski definition) is 1. The van der Waals surface area contributed by atoms with E-state index in [2.05, 4.69) is 128 Å². The number of aliphatic imine (C=N–C) groups is 2. The Hall–Kier alpha value is -5.80. The Morgan fingerprint density at radius 3 is 1.94 bits per heavy atom. The molecule has 48 heavy (non-hydrogen) atoms. The molecule has 0 amide bonds. The average molecular weight is 620 g/mol. The van der Waals surface area contributed by atoms with Crippen molar-refractivity contribution in [3.63, 3.8) is 0 Å². The lowest BCUT2D eigenvalue weighted by Gasteiger charge is -2.21. The van der Waals surface area contributed by atoms with E-state index in [0.717, 1.165) is 33.8 Å². The van der Waals surface area contributed by atoms with Crippen LogP contribution in [0.15, 0.2) is 162 Å². The zero-order valence-electron chi connectivity index (χ0n) is 27.8. The number of amidine groups is 1. The summed E-state index contributed by atoms with van der Waals surface area (Å²) in [4.78, 5) is 10.3. The van der Waals surface area contributed by atoms with E-state index in [1.807, 2.05) is 56.3 Å². The summed E-state index contributed by atoms with van der Waals surface area (Å²) in [5.41, 5.74) is 13.8. The van der Waals surface area contributed by atoms with Crippen molar-refractivity contribution in [2.75, 3.05) is 0 Å². The van der Waals surface area contributed by atoms with Crippen LogP contribution in [0.2, 0.25) is 0 Å². The van der Waals surface area contributed by atoms with E-state index in [-0.39, 0.29) is 5.41 Å². The molecule has 3 nitrogen and oxygen atoms in total. The van der Waals surface area contributed by atoms with Gasteiger partial charge in [-0.1, -0.05) is 123 Å². The Labute approximate surface area is 282 Å². The summed E-state index contributed by atoms with van der Waals surface area (Å²) < 4.78 is 2.41. The number of rotatable bonds is 5. The van der Waals surface area contributed by atoms with Gasteiger partial charge in [0.25, 0.3) is 0 Å². The monoisotopic (exact) mass is 619 g/mol. The Morgan fingerprint density at radius 1 is 0.562 bits per heavy atom. The second kappa shape index (κ2) is 11.8. The van der Waals surface area contributed by atoms with Gasteiger partial charge in [-0.25, -0.2) is 9.98 Å². The topological polar surface area (TPSA) is 29.6 Å². The average Bonchev–Trinajstić information content (AvgIpc) is 3.58. The lowest BCUT2D eigenvalue weighted by molar-refractivity contribution is 0.661. The highest BCUT2D eigenvalue weighted by Gasteiger charge is 2.36. The summed E-state index contributed by atoms with van der Waals surface area (Å²) in [5, 5.41) is 2.53. The zero-order chi connectivity index (χ0) is 32.8. The molecule has 1 heterocycles. The molecule has 232 valence electrons. The number of para-hydroxylation sites is 1. The first-order valence-corrected chi connectivity index (χ1v) is 16.6. The molecule has 0 saturated carbocycles. The van der Waals surface area contributed by atoms with Crippen LogP contribution >= 0.6 is 0 Å². The summed E-state index contributed by atoms with van der Waals surface area (Å²) in [5.74, 6) is 0.680. The minimum Gasteiger partial charge on any atom is -0.309 e. The van der Waals surface area contributed by atoms with Crippen LogP contribution in [0.3, 0.4) is 0 Å². The third-order valence-corrected chi connectivity index (χ3v) is 9.79. The first-order valence-electron chi connectivity index (χ1n) is 16.6. The van der Waals surface area contributed by atoms with E-state index in [1.165, 1.54) is 44.1 Å². The van der Waals surface area contributed by atoms with Crippen LogP contribution in [0.25, 0.3) is 44.3 Å². The highest BCUT2D eigenvalue weighted by Crippen LogP contribution is 2.50. The third kappa shape index (κ3) is 4.91. The Balaban J connectivity index is 1.28. The molecule has 0 atom stereocenters. The lowest BCUT2D eigenvalue weighted by Crippen LogP contribution is -2.15. The standard InChI is InChI=1S/C45H37N3/c1-5-41(32-18-10-7-11-19-32)47-44(46-30(2)31-16-8-6-9-17-31)33-24-26-34(27-25-33)48-42-23-15-13-21-36(42)38-28-37-35-20-12-14-22-39(35)45(3,4)40(37)29-43(38)48/h5-29H,1-4H3/b41-5+,46-30?,47-44?. The van der Waals surface area contributed by atoms with Gasteiger partial charge in [-0.15, -0.1) is 0 Å². The molecule has 1 aliphatic rings. The molecule has 0 radical (unpaired) electrons. The first kappa shape index (κ1) is 29.6. The van der Waals surface area contributed by atoms with Gasteiger partial charge in [0.1, 0.15) is 0 Å². The van der Waals surface area contributed by atoms with Gasteiger partial charge in [-0.2, -0.15) is 0 Å². The van der Waals surface area contributed by atoms with Crippen LogP contribution in [0.4, 0.5) is 0 Å². The molecule has 0 N–H and O–H groups in total. The fraction of sp³-hybridized carbons (Fsp3) is 0.111. The summed E-state index contributed by atoms with van der Waals surface area (Å²) in [6.07, 6.45) is 2.05. The molecular weight excluding hydrogens is 583 g/mol. The van der Waals surface area contributed by atoms with Gasteiger partial charge in [0.15, 0.2) is 5.84 Å². The van der Waals surface area contributed by atoms with Gasteiger partial charge < -0.3 is 4.57 Å². The van der Waals surface area contributed by atoms with Gasteiger partial charge >= 0.3 is 0 Å². The summed E-state index contributed by atoms with van der Waals surface area (Å²) in [6.45, 7) is 8.77. The molecular formula is C45H37N3. The Morgan fingerprint density at radius 2 is 1.21 bits per heavy atom. The number of hydrogen-bond donors (Lipinski definition) is 0. The van der Waals surface area contributed by atoms with Crippen LogP contribution in [0, 0.1) is 0 Å². The van der Waals surface area contributed by atoms with E-state index in [1.54, 1.807) is 0 Å². The lowest BCUT2D eigenvalue weighted by atomic mass is 9.82. The molecule has 0 unspecified atom stereocenters. The fourth-order valence-corrected chi connectivity index (χ4v) is 7.28. The molecule has 1 aromatic heterocycles. The SMILES string of the molecule is C/C=C(/N=C(N=C(C)c1ccccc1)c1ccc(-n2c3ccccc3c3cc4c(cc32)C(C)(C)c2ccccc2-4)cc1)c1ccccc1. The molecule has 0 spiro atoms. The van der Waals surface area contributed by atoms with Gasteiger partial charge in [0, 0.05) is 33.1 Å². The molecule has 0 aliphatic heterocycles. The molecule has 0 fully saturated rings. The van der Waals surface area contributed by atoms with Crippen molar-refractivity contribution < 1.29 is 0 Å². The number of fused-ring (bicyclic) bond motifs is 6. The number of allylic oxidation sites excluding steroid dienone is 1. The second-order valence-electron chi connectivity index (χ2n) is 13.0. The van der Waals surface area contributed by atoms with Crippen LogP contribution in [-0.4, -0.2) is 16.1 Å². The van der Waals surface area contributed by atoms with E-state index in [9.17, 15) is 0 Å². The van der Waals surface area contributed by atoms with Crippen molar-refractivity contribution in [1.82, 2.24) is 4.57 Å². The van der Waals surface area contributed by atoms with E-state index >= 15 is 0 Å². The number of nitrogens with zero attached hydrogens (tertiary/aromatic N) is 3. The highest BCUT2D eigenvalue weighted by atomic mass is 15.0. The molecule has 8 rings (SSSR count). The third-order valence-electron chi connectivity index (χ3n) is 9.79. The molecule has 0 bridgehead atoms. The fourth-order valence-electron chi connectivity index (χ4n) is 7.28. The maximum atomic E-state index is 5.15. The van der Waals surface area contributed by atoms with Crippen molar-refractivity contribution >= 4 is 39.1 Å². The molecule has 1 aliphatic carbocycles. The van der Waals surface area contributed by atoms with Crippen LogP contribution in [0.5, 0.6) is 0 Å². The van der Waals surface area contributed by atoms with Crippen molar-refractivity contribution in [2.45, 2.75) is 33.1 Å².